The van der Waals surface area contributed by atoms with E-state index in [2.05, 4.69) is 24.3 Å². The lowest BCUT2D eigenvalue weighted by Gasteiger charge is -2.08. The van der Waals surface area contributed by atoms with Crippen molar-refractivity contribution in [1.29, 1.82) is 0 Å². The van der Waals surface area contributed by atoms with Crippen LogP contribution in [0, 0.1) is 0 Å². The van der Waals surface area contributed by atoms with Gasteiger partial charge in [0.1, 0.15) is 6.10 Å². The molecule has 0 radical (unpaired) electrons. The summed E-state index contributed by atoms with van der Waals surface area (Å²) in [6.07, 6.45) is 28.9. The normalized spacial score (nSPS) is 10.9. The highest BCUT2D eigenvalue weighted by atomic mass is 35.5. The Morgan fingerprint density at radius 3 is 1.05 bits per heavy atom. The van der Waals surface area contributed by atoms with Crippen LogP contribution in [0.5, 0.6) is 0 Å². The topological polar surface area (TPSA) is 105 Å². The summed E-state index contributed by atoms with van der Waals surface area (Å²) in [7, 11) is 0. The first-order valence-corrected chi connectivity index (χ1v) is 18.1. The average Bonchev–Trinajstić information content (AvgIpc) is 3.00. The summed E-state index contributed by atoms with van der Waals surface area (Å²) in [6.45, 7) is 5.35. The summed E-state index contributed by atoms with van der Waals surface area (Å²) >= 11 is 10.6. The molecule has 2 N–H and O–H groups in total. The summed E-state index contributed by atoms with van der Waals surface area (Å²) in [5, 5.41) is 0. The molecule has 0 rings (SSSR count). The van der Waals surface area contributed by atoms with Gasteiger partial charge in [-0.2, -0.15) is 0 Å². The number of alkyl halides is 2. The monoisotopic (exact) mass is 651 g/mol. The minimum atomic E-state index is -0.846. The van der Waals surface area contributed by atoms with Gasteiger partial charge in [0.25, 0.3) is 0 Å². The van der Waals surface area contributed by atoms with Crippen LogP contribution in [0.25, 0.3) is 0 Å². The minimum Gasteiger partial charge on any atom is -0.463 e. The number of nitrogens with two attached hydrogens (primary N) is 1. The SMILES string of the molecule is CCCCCCCCCCCCCOC(=O)/C=C\C(=O)OCCCCCCCCCCCCC.NC(=O)OC(CCl)CCl. The Morgan fingerprint density at radius 2 is 0.814 bits per heavy atom. The van der Waals surface area contributed by atoms with Crippen molar-refractivity contribution < 1.29 is 28.6 Å². The standard InChI is InChI=1S/C30H56O4.C4H7Cl2NO2/c1-3-5-7-9-11-13-15-17-19-21-23-27-33-29(31)25-26-30(32)34-28-24-22-20-18-16-14-12-10-8-6-4-2;5-1-3(2-6)9-4(7)8/h25-26H,3-24,27-28H2,1-2H3;3H,1-2H2,(H2,7,8)/b26-25-;. The molecule has 0 aromatic rings. The maximum absolute atomic E-state index is 11.7. The van der Waals surface area contributed by atoms with E-state index in [9.17, 15) is 14.4 Å². The molecule has 0 aromatic carbocycles. The van der Waals surface area contributed by atoms with Crippen LogP contribution < -0.4 is 5.73 Å². The van der Waals surface area contributed by atoms with Crippen molar-refractivity contribution >= 4 is 41.2 Å². The van der Waals surface area contributed by atoms with Gasteiger partial charge in [-0.1, -0.05) is 142 Å². The van der Waals surface area contributed by atoms with Gasteiger partial charge in [0.2, 0.25) is 0 Å². The Morgan fingerprint density at radius 1 is 0.535 bits per heavy atom. The molecule has 0 fully saturated rings. The molecule has 0 heterocycles. The number of rotatable bonds is 29. The van der Waals surface area contributed by atoms with Crippen molar-refractivity contribution in [3.05, 3.63) is 12.2 Å². The quantitative estimate of drug-likeness (QED) is 0.0283. The number of unbranched alkanes of at least 4 members (excludes halogenated alkanes) is 20. The largest absolute Gasteiger partial charge is 0.463 e. The molecule has 0 atom stereocenters. The van der Waals surface area contributed by atoms with Crippen LogP contribution >= 0.6 is 23.2 Å². The van der Waals surface area contributed by atoms with Gasteiger partial charge < -0.3 is 19.9 Å². The molecule has 0 aromatic heterocycles. The van der Waals surface area contributed by atoms with Crippen molar-refractivity contribution in [2.24, 2.45) is 5.73 Å². The minimum absolute atomic E-state index is 0.173. The molecular weight excluding hydrogens is 589 g/mol. The average molecular weight is 653 g/mol. The predicted octanol–water partition coefficient (Wildman–Crippen LogP) is 10.2. The number of carbonyl (C=O) groups is 3. The fraction of sp³-hybridized carbons (Fsp3) is 0.853. The molecule has 7 nitrogen and oxygen atoms in total. The van der Waals surface area contributed by atoms with Crippen molar-refractivity contribution in [3.63, 3.8) is 0 Å². The second kappa shape index (κ2) is 36.7. The molecule has 0 spiro atoms. The van der Waals surface area contributed by atoms with E-state index in [-0.39, 0.29) is 11.8 Å². The van der Waals surface area contributed by atoms with Crippen LogP contribution in [-0.2, 0) is 23.8 Å². The number of hydrogen-bond donors (Lipinski definition) is 1. The zero-order valence-corrected chi connectivity index (χ0v) is 28.9. The first-order chi connectivity index (χ1) is 20.9. The van der Waals surface area contributed by atoms with Crippen LogP contribution in [0.3, 0.4) is 0 Å². The highest BCUT2D eigenvalue weighted by Crippen LogP contribution is 2.12. The molecule has 0 unspecified atom stereocenters. The van der Waals surface area contributed by atoms with Gasteiger partial charge in [-0.05, 0) is 12.8 Å². The summed E-state index contributed by atoms with van der Waals surface area (Å²) in [6, 6.07) is 0. The van der Waals surface area contributed by atoms with E-state index in [1.807, 2.05) is 0 Å². The van der Waals surface area contributed by atoms with E-state index < -0.39 is 24.1 Å². The Balaban J connectivity index is 0. The van der Waals surface area contributed by atoms with Crippen LogP contribution in [0.2, 0.25) is 0 Å². The summed E-state index contributed by atoms with van der Waals surface area (Å²) < 4.78 is 14.7. The van der Waals surface area contributed by atoms with E-state index in [0.29, 0.717) is 13.2 Å². The number of ether oxygens (including phenoxy) is 3. The first-order valence-electron chi connectivity index (χ1n) is 17.0. The summed E-state index contributed by atoms with van der Waals surface area (Å²) in [5.41, 5.74) is 4.67. The molecule has 0 bridgehead atoms. The molecule has 1 amide bonds. The van der Waals surface area contributed by atoms with Crippen LogP contribution in [0.15, 0.2) is 12.2 Å². The van der Waals surface area contributed by atoms with E-state index in [1.165, 1.54) is 128 Å². The number of esters is 2. The Bertz CT molecular complexity index is 617. The summed E-state index contributed by atoms with van der Waals surface area (Å²) in [5.74, 6) is -0.573. The van der Waals surface area contributed by atoms with E-state index in [0.717, 1.165) is 25.7 Å². The first kappa shape index (κ1) is 43.7. The van der Waals surface area contributed by atoms with Gasteiger partial charge in [0.15, 0.2) is 0 Å². The second-order valence-electron chi connectivity index (χ2n) is 11.1. The van der Waals surface area contributed by atoms with Crippen molar-refractivity contribution in [3.8, 4) is 0 Å². The Kier molecular flexibility index (Phi) is 37.3. The van der Waals surface area contributed by atoms with Gasteiger partial charge in [0.05, 0.1) is 25.0 Å². The number of halogens is 2. The number of primary amides is 1. The lowest BCUT2D eigenvalue weighted by atomic mass is 10.1. The predicted molar refractivity (Wildman–Crippen MR) is 180 cm³/mol. The third kappa shape index (κ3) is 38.5. The number of carbonyl (C=O) groups excluding carboxylic acids is 3. The summed E-state index contributed by atoms with van der Waals surface area (Å²) in [4.78, 5) is 33.4. The highest BCUT2D eigenvalue weighted by Gasteiger charge is 2.08. The molecule has 0 aliphatic carbocycles. The van der Waals surface area contributed by atoms with Crippen LogP contribution in [0.4, 0.5) is 4.79 Å². The van der Waals surface area contributed by atoms with Crippen molar-refractivity contribution in [2.45, 2.75) is 161 Å². The van der Waals surface area contributed by atoms with Crippen molar-refractivity contribution in [2.75, 3.05) is 25.0 Å². The number of amides is 1. The Hall–Kier alpha value is -1.47. The third-order valence-electron chi connectivity index (χ3n) is 6.97. The van der Waals surface area contributed by atoms with Gasteiger partial charge in [-0.15, -0.1) is 23.2 Å². The third-order valence-corrected chi connectivity index (χ3v) is 7.66. The zero-order valence-electron chi connectivity index (χ0n) is 27.4. The lowest BCUT2D eigenvalue weighted by molar-refractivity contribution is -0.140. The molecule has 254 valence electrons. The second-order valence-corrected chi connectivity index (χ2v) is 11.7. The van der Waals surface area contributed by atoms with E-state index >= 15 is 0 Å². The fourth-order valence-electron chi connectivity index (χ4n) is 4.38. The zero-order chi connectivity index (χ0) is 32.2. The maximum Gasteiger partial charge on any atom is 0.404 e. The smallest absolute Gasteiger partial charge is 0.404 e. The number of hydrogen-bond acceptors (Lipinski definition) is 6. The maximum atomic E-state index is 11.7. The highest BCUT2D eigenvalue weighted by molar-refractivity contribution is 6.21. The molecule has 0 saturated heterocycles. The van der Waals surface area contributed by atoms with Crippen molar-refractivity contribution in [1.82, 2.24) is 0 Å². The molecule has 0 saturated carbocycles. The fourth-order valence-corrected chi connectivity index (χ4v) is 4.83. The van der Waals surface area contributed by atoms with Gasteiger partial charge in [0, 0.05) is 12.2 Å². The van der Waals surface area contributed by atoms with Crippen LogP contribution in [0.1, 0.15) is 155 Å². The molecule has 43 heavy (non-hydrogen) atoms. The van der Waals surface area contributed by atoms with Gasteiger partial charge in [-0.25, -0.2) is 14.4 Å². The Labute approximate surface area is 273 Å². The van der Waals surface area contributed by atoms with E-state index in [1.54, 1.807) is 0 Å². The molecule has 9 heteroatoms. The lowest BCUT2D eigenvalue weighted by Crippen LogP contribution is -2.25. The van der Waals surface area contributed by atoms with E-state index in [4.69, 9.17) is 32.7 Å². The van der Waals surface area contributed by atoms with Crippen LogP contribution in [-0.4, -0.2) is 49.1 Å². The molecule has 0 aliphatic heterocycles. The molecule has 0 aliphatic rings. The van der Waals surface area contributed by atoms with Gasteiger partial charge >= 0.3 is 18.0 Å². The molecular formula is C34H63Cl2NO6. The van der Waals surface area contributed by atoms with Gasteiger partial charge in [-0.3, -0.25) is 0 Å².